The molecule has 0 radical (unpaired) electrons. The van der Waals surface area contributed by atoms with E-state index in [4.69, 9.17) is 14.4 Å². The average Bonchev–Trinajstić information content (AvgIpc) is 3.80. The van der Waals surface area contributed by atoms with Gasteiger partial charge in [0.25, 0.3) is 0 Å². The summed E-state index contributed by atoms with van der Waals surface area (Å²) in [7, 11) is 0. The van der Waals surface area contributed by atoms with Gasteiger partial charge in [-0.2, -0.15) is 0 Å². The highest BCUT2D eigenvalue weighted by molar-refractivity contribution is 6.14. The molecular weight excluding hydrogens is 625 g/mol. The molecule has 0 saturated carbocycles. The number of fused-ring (bicyclic) bond motifs is 6. The second-order valence-corrected chi connectivity index (χ2v) is 12.6. The van der Waals surface area contributed by atoms with Crippen LogP contribution in [0, 0.1) is 0 Å². The number of para-hydroxylation sites is 5. The minimum absolute atomic E-state index is 0.542. The van der Waals surface area contributed by atoms with Crippen LogP contribution in [0.5, 0.6) is 0 Å². The lowest BCUT2D eigenvalue weighted by Gasteiger charge is -2.26. The van der Waals surface area contributed by atoms with E-state index in [-0.39, 0.29) is 0 Å². The van der Waals surface area contributed by atoms with Gasteiger partial charge in [0.05, 0.1) is 16.6 Å². The third-order valence-electron chi connectivity index (χ3n) is 9.65. The summed E-state index contributed by atoms with van der Waals surface area (Å²) in [6, 6.07) is 61.4. The van der Waals surface area contributed by atoms with E-state index in [9.17, 15) is 0 Å². The summed E-state index contributed by atoms with van der Waals surface area (Å²) in [5, 5.41) is 3.41. The Kier molecular flexibility index (Phi) is 6.74. The van der Waals surface area contributed by atoms with E-state index in [2.05, 4.69) is 155 Å². The quantitative estimate of drug-likeness (QED) is 0.179. The lowest BCUT2D eigenvalue weighted by atomic mass is 9.96. The van der Waals surface area contributed by atoms with E-state index < -0.39 is 0 Å². The van der Waals surface area contributed by atoms with Crippen molar-refractivity contribution >= 4 is 60.9 Å². The van der Waals surface area contributed by atoms with Crippen molar-refractivity contribution in [3.8, 4) is 28.3 Å². The maximum absolute atomic E-state index is 6.68. The molecule has 10 rings (SSSR count). The second kappa shape index (κ2) is 11.9. The maximum Gasteiger partial charge on any atom is 0.228 e. The van der Waals surface area contributed by atoms with Gasteiger partial charge in [0, 0.05) is 56.2 Å². The molecule has 0 bridgehead atoms. The Bertz CT molecular complexity index is 2820. The highest BCUT2D eigenvalue weighted by Crippen LogP contribution is 2.45. The van der Waals surface area contributed by atoms with Gasteiger partial charge in [-0.25, -0.2) is 4.98 Å². The third-order valence-corrected chi connectivity index (χ3v) is 9.65. The Balaban J connectivity index is 1.29. The van der Waals surface area contributed by atoms with Gasteiger partial charge in [-0.3, -0.25) is 4.98 Å². The molecule has 3 aromatic heterocycles. The first-order chi connectivity index (χ1) is 25.3. The van der Waals surface area contributed by atoms with Gasteiger partial charge < -0.3 is 13.9 Å². The van der Waals surface area contributed by atoms with Crippen molar-refractivity contribution < 1.29 is 4.42 Å². The summed E-state index contributed by atoms with van der Waals surface area (Å²) in [6.07, 6.45) is 1.81. The molecule has 0 N–H and O–H groups in total. The van der Waals surface area contributed by atoms with Crippen LogP contribution < -0.4 is 4.90 Å². The molecule has 0 aliphatic rings. The van der Waals surface area contributed by atoms with Gasteiger partial charge >= 0.3 is 0 Å². The smallest absolute Gasteiger partial charge is 0.228 e. The van der Waals surface area contributed by atoms with Crippen LogP contribution in [0.15, 0.2) is 187 Å². The molecule has 240 valence electrons. The van der Waals surface area contributed by atoms with Crippen LogP contribution >= 0.6 is 0 Å². The molecule has 0 atom stereocenters. The summed E-state index contributed by atoms with van der Waals surface area (Å²) in [6.45, 7) is 0. The molecular formula is C46H30N4O. The molecule has 0 saturated heterocycles. The molecule has 10 aromatic rings. The number of rotatable bonds is 6. The van der Waals surface area contributed by atoms with Gasteiger partial charge in [-0.05, 0) is 78.4 Å². The number of aromatic nitrogens is 3. The Labute approximate surface area is 294 Å². The van der Waals surface area contributed by atoms with Crippen molar-refractivity contribution in [1.82, 2.24) is 14.5 Å². The van der Waals surface area contributed by atoms with E-state index in [0.29, 0.717) is 11.5 Å². The SMILES string of the molecule is c1ccc(N(c2ccccc2)c2ccc(-c3cccc4c5ccccc5n(-c5ccccc5)c34)c(-c3nc4c(ccc5cccnc54)o3)c2)cc1. The first kappa shape index (κ1) is 29.0. The first-order valence-corrected chi connectivity index (χ1v) is 17.1. The van der Waals surface area contributed by atoms with Crippen molar-refractivity contribution in [3.05, 3.63) is 182 Å². The third kappa shape index (κ3) is 4.78. The van der Waals surface area contributed by atoms with Crippen molar-refractivity contribution in [2.75, 3.05) is 4.90 Å². The van der Waals surface area contributed by atoms with Gasteiger partial charge in [-0.15, -0.1) is 0 Å². The Morgan fingerprint density at radius 1 is 0.490 bits per heavy atom. The molecule has 0 amide bonds. The zero-order valence-electron chi connectivity index (χ0n) is 27.5. The van der Waals surface area contributed by atoms with Crippen LogP contribution in [0.25, 0.3) is 72.1 Å². The van der Waals surface area contributed by atoms with Crippen LogP contribution in [-0.2, 0) is 0 Å². The zero-order chi connectivity index (χ0) is 33.7. The number of pyridine rings is 1. The lowest BCUT2D eigenvalue weighted by molar-refractivity contribution is 0.620. The Morgan fingerprint density at radius 3 is 1.98 bits per heavy atom. The first-order valence-electron chi connectivity index (χ1n) is 17.1. The van der Waals surface area contributed by atoms with E-state index in [1.54, 1.807) is 0 Å². The molecule has 0 spiro atoms. The minimum Gasteiger partial charge on any atom is -0.436 e. The number of nitrogens with zero attached hydrogens (tertiary/aromatic N) is 4. The standard InChI is InChI=1S/C46H30N4O/c1-4-15-32(16-5-1)49(33-17-6-2-7-18-33)35-26-27-36(40(30-35)46-48-44-42(51-46)28-25-31-14-13-29-47-43(31)44)38-22-12-23-39-37-21-10-11-24-41(37)50(45(38)39)34-19-8-3-9-20-34/h1-30H. The maximum atomic E-state index is 6.68. The number of oxazole rings is 1. The highest BCUT2D eigenvalue weighted by atomic mass is 16.3. The van der Waals surface area contributed by atoms with Crippen LogP contribution in [-0.4, -0.2) is 14.5 Å². The molecule has 5 nitrogen and oxygen atoms in total. The fraction of sp³-hybridized carbons (Fsp3) is 0. The number of hydrogen-bond acceptors (Lipinski definition) is 4. The van der Waals surface area contributed by atoms with Crippen molar-refractivity contribution in [2.24, 2.45) is 0 Å². The highest BCUT2D eigenvalue weighted by Gasteiger charge is 2.23. The predicted molar refractivity (Wildman–Crippen MR) is 209 cm³/mol. The predicted octanol–water partition coefficient (Wildman–Crippen LogP) is 12.3. The zero-order valence-corrected chi connectivity index (χ0v) is 27.5. The molecule has 0 unspecified atom stereocenters. The summed E-state index contributed by atoms with van der Waals surface area (Å²) in [5.41, 5.74) is 11.8. The monoisotopic (exact) mass is 654 g/mol. The van der Waals surface area contributed by atoms with Crippen LogP contribution in [0.2, 0.25) is 0 Å². The van der Waals surface area contributed by atoms with E-state index in [1.165, 1.54) is 10.8 Å². The summed E-state index contributed by atoms with van der Waals surface area (Å²) in [4.78, 5) is 12.2. The topological polar surface area (TPSA) is 47.1 Å². The number of benzene rings is 7. The molecule has 51 heavy (non-hydrogen) atoms. The van der Waals surface area contributed by atoms with Crippen LogP contribution in [0.1, 0.15) is 0 Å². The largest absolute Gasteiger partial charge is 0.436 e. The lowest BCUT2D eigenvalue weighted by Crippen LogP contribution is -2.10. The van der Waals surface area contributed by atoms with Gasteiger partial charge in [0.1, 0.15) is 5.52 Å². The van der Waals surface area contributed by atoms with Crippen molar-refractivity contribution in [3.63, 3.8) is 0 Å². The van der Waals surface area contributed by atoms with Crippen LogP contribution in [0.3, 0.4) is 0 Å². The Hall–Kier alpha value is -6.98. The number of hydrogen-bond donors (Lipinski definition) is 0. The fourth-order valence-corrected chi connectivity index (χ4v) is 7.41. The van der Waals surface area contributed by atoms with E-state index >= 15 is 0 Å². The van der Waals surface area contributed by atoms with Gasteiger partial charge in [-0.1, -0.05) is 103 Å². The Morgan fingerprint density at radius 2 is 1.20 bits per heavy atom. The number of anilines is 3. The summed E-state index contributed by atoms with van der Waals surface area (Å²) in [5.74, 6) is 0.542. The van der Waals surface area contributed by atoms with Gasteiger partial charge in [0.15, 0.2) is 5.58 Å². The summed E-state index contributed by atoms with van der Waals surface area (Å²) < 4.78 is 9.06. The molecule has 0 aliphatic carbocycles. The normalized spacial score (nSPS) is 11.5. The van der Waals surface area contributed by atoms with Gasteiger partial charge in [0.2, 0.25) is 5.89 Å². The fourth-order valence-electron chi connectivity index (χ4n) is 7.41. The van der Waals surface area contributed by atoms with Crippen molar-refractivity contribution in [1.29, 1.82) is 0 Å². The molecule has 5 heteroatoms. The minimum atomic E-state index is 0.542. The van der Waals surface area contributed by atoms with Crippen molar-refractivity contribution in [2.45, 2.75) is 0 Å². The van der Waals surface area contributed by atoms with Crippen LogP contribution in [0.4, 0.5) is 17.1 Å². The average molecular weight is 655 g/mol. The molecule has 7 aromatic carbocycles. The molecule has 3 heterocycles. The second-order valence-electron chi connectivity index (χ2n) is 12.6. The molecule has 0 aliphatic heterocycles. The summed E-state index contributed by atoms with van der Waals surface area (Å²) >= 11 is 0. The van der Waals surface area contributed by atoms with E-state index in [0.717, 1.165) is 66.9 Å². The van der Waals surface area contributed by atoms with E-state index in [1.807, 2.05) is 36.5 Å². The molecule has 0 fully saturated rings.